The topological polar surface area (TPSA) is 142 Å². The van der Waals surface area contributed by atoms with E-state index in [9.17, 15) is 9.59 Å². The number of amides is 2. The lowest BCUT2D eigenvalue weighted by Crippen LogP contribution is -2.31. The van der Waals surface area contributed by atoms with E-state index in [2.05, 4.69) is 4.98 Å². The van der Waals surface area contributed by atoms with Crippen molar-refractivity contribution >= 4 is 12.2 Å². The van der Waals surface area contributed by atoms with E-state index in [1.165, 1.54) is 0 Å². The van der Waals surface area contributed by atoms with Crippen molar-refractivity contribution in [3.63, 3.8) is 0 Å². The van der Waals surface area contributed by atoms with Crippen LogP contribution in [0.3, 0.4) is 0 Å². The summed E-state index contributed by atoms with van der Waals surface area (Å²) in [6.45, 7) is -0.0834. The summed E-state index contributed by atoms with van der Waals surface area (Å²) in [5.74, 6) is 9.68. The number of carbonyl (C=O) groups excluding carboxylic acids is 2. The lowest BCUT2D eigenvalue weighted by atomic mass is 10.3. The Morgan fingerprint density at radius 2 is 1.50 bits per heavy atom. The molecule has 1 aromatic heterocycles. The van der Waals surface area contributed by atoms with Crippen LogP contribution in [0.15, 0.2) is 18.2 Å². The third kappa shape index (κ3) is 4.63. The fourth-order valence-corrected chi connectivity index (χ4v) is 1.05. The highest BCUT2D eigenvalue weighted by Gasteiger charge is 2.04. The summed E-state index contributed by atoms with van der Waals surface area (Å²) in [5.41, 5.74) is 4.62. The van der Waals surface area contributed by atoms with Gasteiger partial charge in [0.1, 0.15) is 13.2 Å². The summed E-state index contributed by atoms with van der Waals surface area (Å²) >= 11 is 0. The first-order valence-corrected chi connectivity index (χ1v) is 4.87. The SMILES string of the molecule is NNC(=O)OCc1cccc(COC(=O)NN)n1. The third-order valence-electron chi connectivity index (χ3n) is 1.80. The monoisotopic (exact) mass is 255 g/mol. The van der Waals surface area contributed by atoms with Crippen molar-refractivity contribution in [1.82, 2.24) is 15.8 Å². The van der Waals surface area contributed by atoms with Crippen molar-refractivity contribution in [2.45, 2.75) is 13.2 Å². The number of hydrogen-bond acceptors (Lipinski definition) is 7. The van der Waals surface area contributed by atoms with Crippen LogP contribution in [-0.4, -0.2) is 17.2 Å². The number of nitrogens with one attached hydrogen (secondary N) is 2. The molecule has 1 aromatic rings. The normalized spacial score (nSPS) is 9.44. The Balaban J connectivity index is 2.51. The van der Waals surface area contributed by atoms with E-state index in [1.807, 2.05) is 10.9 Å². The van der Waals surface area contributed by atoms with Gasteiger partial charge in [0.2, 0.25) is 0 Å². The molecule has 0 unspecified atom stereocenters. The van der Waals surface area contributed by atoms with Gasteiger partial charge < -0.3 is 9.47 Å². The first-order chi connectivity index (χ1) is 8.65. The largest absolute Gasteiger partial charge is 0.442 e. The first-order valence-electron chi connectivity index (χ1n) is 4.87. The van der Waals surface area contributed by atoms with Gasteiger partial charge in [-0.3, -0.25) is 15.8 Å². The van der Waals surface area contributed by atoms with Gasteiger partial charge in [-0.25, -0.2) is 21.3 Å². The van der Waals surface area contributed by atoms with Crippen LogP contribution in [0.4, 0.5) is 9.59 Å². The van der Waals surface area contributed by atoms with E-state index in [0.29, 0.717) is 11.4 Å². The van der Waals surface area contributed by atoms with Crippen molar-refractivity contribution in [2.75, 3.05) is 0 Å². The highest BCUT2D eigenvalue weighted by Crippen LogP contribution is 2.03. The molecular formula is C9H13N5O4. The van der Waals surface area contributed by atoms with Crippen molar-refractivity contribution in [1.29, 1.82) is 0 Å². The minimum atomic E-state index is -0.763. The molecule has 1 rings (SSSR count). The van der Waals surface area contributed by atoms with Crippen LogP contribution < -0.4 is 22.5 Å². The van der Waals surface area contributed by atoms with Crippen LogP contribution >= 0.6 is 0 Å². The zero-order valence-electron chi connectivity index (χ0n) is 9.38. The molecule has 2 amide bonds. The molecule has 1 heterocycles. The van der Waals surface area contributed by atoms with Gasteiger partial charge in [0.05, 0.1) is 11.4 Å². The highest BCUT2D eigenvalue weighted by atomic mass is 16.6. The molecule has 9 nitrogen and oxygen atoms in total. The molecule has 6 N–H and O–H groups in total. The number of hydrazine groups is 2. The second kappa shape index (κ2) is 7.04. The number of aromatic nitrogens is 1. The van der Waals surface area contributed by atoms with Crippen LogP contribution in [-0.2, 0) is 22.7 Å². The quantitative estimate of drug-likeness (QED) is 0.316. The summed E-state index contributed by atoms with van der Waals surface area (Å²) in [5, 5.41) is 0. The second-order valence-corrected chi connectivity index (χ2v) is 3.06. The number of rotatable bonds is 4. The minimum Gasteiger partial charge on any atom is -0.442 e. The molecule has 0 fully saturated rings. The van der Waals surface area contributed by atoms with Gasteiger partial charge in [0, 0.05) is 0 Å². The lowest BCUT2D eigenvalue weighted by Gasteiger charge is -2.06. The zero-order chi connectivity index (χ0) is 13.4. The molecule has 0 saturated heterocycles. The molecule has 0 aliphatic rings. The predicted octanol–water partition coefficient (Wildman–Crippen LogP) is -0.719. The van der Waals surface area contributed by atoms with E-state index in [1.54, 1.807) is 18.2 Å². The summed E-state index contributed by atoms with van der Waals surface area (Å²) in [4.78, 5) is 25.6. The Morgan fingerprint density at radius 1 is 1.06 bits per heavy atom. The van der Waals surface area contributed by atoms with E-state index in [-0.39, 0.29) is 13.2 Å². The van der Waals surface area contributed by atoms with Gasteiger partial charge in [0.25, 0.3) is 0 Å². The molecule has 0 spiro atoms. The van der Waals surface area contributed by atoms with E-state index < -0.39 is 12.2 Å². The average Bonchev–Trinajstić information content (AvgIpc) is 2.42. The number of carbonyl (C=O) groups is 2. The molecule has 0 bridgehead atoms. The first kappa shape index (κ1) is 13.7. The van der Waals surface area contributed by atoms with Gasteiger partial charge in [-0.2, -0.15) is 0 Å². The summed E-state index contributed by atoms with van der Waals surface area (Å²) < 4.78 is 9.40. The maximum absolute atomic E-state index is 10.7. The van der Waals surface area contributed by atoms with Crippen LogP contribution in [0.2, 0.25) is 0 Å². The van der Waals surface area contributed by atoms with E-state index in [4.69, 9.17) is 21.2 Å². The molecule has 98 valence electrons. The predicted molar refractivity (Wildman–Crippen MR) is 59.3 cm³/mol. The van der Waals surface area contributed by atoms with Crippen LogP contribution in [0.1, 0.15) is 11.4 Å². The van der Waals surface area contributed by atoms with Crippen LogP contribution in [0, 0.1) is 0 Å². The fourth-order valence-electron chi connectivity index (χ4n) is 1.05. The number of nitrogens with two attached hydrogens (primary N) is 2. The van der Waals surface area contributed by atoms with Crippen molar-refractivity contribution in [2.24, 2.45) is 11.7 Å². The average molecular weight is 255 g/mol. The number of pyridine rings is 1. The summed E-state index contributed by atoms with van der Waals surface area (Å²) in [7, 11) is 0. The third-order valence-corrected chi connectivity index (χ3v) is 1.80. The highest BCUT2D eigenvalue weighted by molar-refractivity contribution is 5.66. The van der Waals surface area contributed by atoms with Gasteiger partial charge in [-0.05, 0) is 12.1 Å². The molecular weight excluding hydrogens is 242 g/mol. The van der Waals surface area contributed by atoms with Gasteiger partial charge in [0.15, 0.2) is 0 Å². The standard InChI is InChI=1S/C9H13N5O4/c10-13-8(15)17-4-6-2-1-3-7(12-6)5-18-9(16)14-11/h1-3H,4-5,10-11H2,(H,13,15)(H,14,16). The summed E-state index contributed by atoms with van der Waals surface area (Å²) in [6.07, 6.45) is -1.53. The van der Waals surface area contributed by atoms with Gasteiger partial charge >= 0.3 is 12.2 Å². The number of ether oxygens (including phenoxy) is 2. The Morgan fingerprint density at radius 3 is 1.89 bits per heavy atom. The summed E-state index contributed by atoms with van der Waals surface area (Å²) in [6, 6.07) is 4.98. The molecule has 0 aliphatic carbocycles. The zero-order valence-corrected chi connectivity index (χ0v) is 9.38. The molecule has 0 saturated carbocycles. The number of nitrogens with zero attached hydrogens (tertiary/aromatic N) is 1. The molecule has 0 atom stereocenters. The van der Waals surface area contributed by atoms with Crippen LogP contribution in [0.25, 0.3) is 0 Å². The van der Waals surface area contributed by atoms with Crippen LogP contribution in [0.5, 0.6) is 0 Å². The Hall–Kier alpha value is -2.39. The maximum atomic E-state index is 10.7. The molecule has 0 aromatic carbocycles. The Labute approximate surface area is 102 Å². The van der Waals surface area contributed by atoms with Crippen molar-refractivity contribution in [3.05, 3.63) is 29.6 Å². The van der Waals surface area contributed by atoms with E-state index in [0.717, 1.165) is 0 Å². The van der Waals surface area contributed by atoms with Gasteiger partial charge in [-0.1, -0.05) is 6.07 Å². The molecule has 9 heteroatoms. The number of hydrogen-bond donors (Lipinski definition) is 4. The second-order valence-electron chi connectivity index (χ2n) is 3.06. The molecule has 18 heavy (non-hydrogen) atoms. The van der Waals surface area contributed by atoms with E-state index >= 15 is 0 Å². The Kier molecular flexibility index (Phi) is 5.35. The van der Waals surface area contributed by atoms with Crippen molar-refractivity contribution < 1.29 is 19.1 Å². The maximum Gasteiger partial charge on any atom is 0.421 e. The molecule has 0 radical (unpaired) electrons. The fraction of sp³-hybridized carbons (Fsp3) is 0.222. The smallest absolute Gasteiger partial charge is 0.421 e. The minimum absolute atomic E-state index is 0.0417. The van der Waals surface area contributed by atoms with Crippen molar-refractivity contribution in [3.8, 4) is 0 Å². The van der Waals surface area contributed by atoms with Gasteiger partial charge in [-0.15, -0.1) is 0 Å². The Bertz CT molecular complexity index is 390. The lowest BCUT2D eigenvalue weighted by molar-refractivity contribution is 0.135. The molecule has 0 aliphatic heterocycles.